The van der Waals surface area contributed by atoms with E-state index < -0.39 is 72.9 Å². The molecule has 4 heterocycles. The Morgan fingerprint density at radius 1 is 1.20 bits per heavy atom. The second-order valence-corrected chi connectivity index (χ2v) is 7.86. The van der Waals surface area contributed by atoms with E-state index in [0.717, 1.165) is 23.2 Å². The van der Waals surface area contributed by atoms with Gasteiger partial charge in [-0.25, -0.2) is 33.3 Å². The molecule has 0 aromatic carbocycles. The summed E-state index contributed by atoms with van der Waals surface area (Å²) in [7, 11) is 0. The van der Waals surface area contributed by atoms with E-state index in [1.807, 2.05) is 0 Å². The molecule has 0 bridgehead atoms. The van der Waals surface area contributed by atoms with Crippen LogP contribution in [0.3, 0.4) is 0 Å². The van der Waals surface area contributed by atoms with Gasteiger partial charge in [0.2, 0.25) is 6.10 Å². The Hall–Kier alpha value is -4.14. The van der Waals surface area contributed by atoms with Crippen molar-refractivity contribution in [2.24, 2.45) is 5.92 Å². The maximum atomic E-state index is 15.6. The predicted molar refractivity (Wildman–Crippen MR) is 107 cm³/mol. The number of hydrogen-bond donors (Lipinski definition) is 0. The molecular weight excluding hydrogens is 475 g/mol. The Labute approximate surface area is 195 Å². The number of esters is 2. The van der Waals surface area contributed by atoms with Gasteiger partial charge in [0.1, 0.15) is 6.33 Å². The summed E-state index contributed by atoms with van der Waals surface area (Å²) in [4.78, 5) is 68.2. The van der Waals surface area contributed by atoms with E-state index in [9.17, 15) is 24.0 Å². The van der Waals surface area contributed by atoms with Crippen LogP contribution < -0.4 is 11.2 Å². The smallest absolute Gasteiger partial charge is 0.459 e. The molecule has 15 heteroatoms. The number of hydrogen-bond acceptors (Lipinski definition) is 12. The number of alkyl halides is 1. The fourth-order valence-corrected chi connectivity index (χ4v) is 3.37. The zero-order chi connectivity index (χ0) is 25.3. The third-order valence-electron chi connectivity index (χ3n) is 5.14. The lowest BCUT2D eigenvalue weighted by Crippen LogP contribution is -2.43. The van der Waals surface area contributed by atoms with Crippen LogP contribution in [0.5, 0.6) is 0 Å². The Morgan fingerprint density at radius 3 is 2.66 bits per heavy atom. The zero-order valence-corrected chi connectivity index (χ0v) is 18.4. The lowest BCUT2D eigenvalue weighted by molar-refractivity contribution is -0.220. The second-order valence-electron chi connectivity index (χ2n) is 7.86. The monoisotopic (exact) mass is 494 g/mol. The van der Waals surface area contributed by atoms with Crippen LogP contribution in [-0.4, -0.2) is 61.9 Å². The number of carbonyl (C=O) groups is 3. The molecule has 186 valence electrons. The van der Waals surface area contributed by atoms with Gasteiger partial charge in [0.15, 0.2) is 31.4 Å². The van der Waals surface area contributed by atoms with E-state index in [1.165, 1.54) is 26.1 Å². The van der Waals surface area contributed by atoms with Crippen molar-refractivity contribution in [2.45, 2.75) is 44.9 Å². The van der Waals surface area contributed by atoms with E-state index in [0.29, 0.717) is 4.57 Å². The fraction of sp³-hybridized carbons (Fsp3) is 0.450. The van der Waals surface area contributed by atoms with E-state index >= 15 is 4.39 Å². The van der Waals surface area contributed by atoms with Crippen LogP contribution in [0.4, 0.5) is 9.18 Å². The van der Waals surface area contributed by atoms with Crippen molar-refractivity contribution in [1.82, 2.24) is 19.1 Å². The van der Waals surface area contributed by atoms with Gasteiger partial charge in [0.25, 0.3) is 11.4 Å². The molecule has 2 fully saturated rings. The first kappa shape index (κ1) is 24.0. The summed E-state index contributed by atoms with van der Waals surface area (Å²) < 4.78 is 41.9. The van der Waals surface area contributed by atoms with Gasteiger partial charge in [-0.1, -0.05) is 13.8 Å². The van der Waals surface area contributed by atoms with Crippen LogP contribution in [0.15, 0.2) is 40.4 Å². The molecule has 0 spiro atoms. The first-order valence-electron chi connectivity index (χ1n) is 10.3. The number of rotatable bonds is 7. The van der Waals surface area contributed by atoms with Gasteiger partial charge in [-0.05, 0) is 6.07 Å². The van der Waals surface area contributed by atoms with Gasteiger partial charge in [0.05, 0.1) is 5.92 Å². The molecule has 0 aliphatic carbocycles. The molecule has 0 saturated carbocycles. The van der Waals surface area contributed by atoms with Crippen LogP contribution in [-0.2, 0) is 35.2 Å². The zero-order valence-electron chi connectivity index (χ0n) is 18.4. The molecule has 2 aromatic heterocycles. The predicted octanol–water partition coefficient (Wildman–Crippen LogP) is -0.0877. The highest BCUT2D eigenvalue weighted by molar-refractivity contribution is 5.86. The fourth-order valence-electron chi connectivity index (χ4n) is 3.37. The van der Waals surface area contributed by atoms with Gasteiger partial charge in [-0.15, -0.1) is 0 Å². The summed E-state index contributed by atoms with van der Waals surface area (Å²) in [5.74, 6) is -5.07. The number of ether oxygens (including phenoxy) is 5. The molecular formula is C20H19FN4O10. The minimum atomic E-state index is -2.84. The number of halogens is 1. The van der Waals surface area contributed by atoms with Crippen LogP contribution in [0, 0.1) is 5.92 Å². The maximum absolute atomic E-state index is 15.6. The quantitative estimate of drug-likeness (QED) is 0.371. The van der Waals surface area contributed by atoms with Crippen molar-refractivity contribution in [3.05, 3.63) is 57.4 Å². The van der Waals surface area contributed by atoms with Crippen molar-refractivity contribution in [3.63, 3.8) is 0 Å². The third kappa shape index (κ3) is 4.62. The number of nitrogens with zero attached hydrogens (tertiary/aromatic N) is 4. The molecule has 4 rings (SSSR count). The Morgan fingerprint density at radius 2 is 1.97 bits per heavy atom. The van der Waals surface area contributed by atoms with Crippen molar-refractivity contribution in [2.75, 3.05) is 6.61 Å². The van der Waals surface area contributed by atoms with Gasteiger partial charge in [-0.2, -0.15) is 0 Å². The van der Waals surface area contributed by atoms with Crippen LogP contribution in [0.2, 0.25) is 0 Å². The third-order valence-corrected chi connectivity index (χ3v) is 5.14. The molecule has 4 atom stereocenters. The summed E-state index contributed by atoms with van der Waals surface area (Å²) in [6.45, 7) is 1.33. The lowest BCUT2D eigenvalue weighted by Gasteiger charge is -2.24. The molecule has 35 heavy (non-hydrogen) atoms. The highest BCUT2D eigenvalue weighted by Crippen LogP contribution is 2.44. The average Bonchev–Trinajstić information content (AvgIpc) is 3.34. The molecule has 0 N–H and O–H groups in total. The molecule has 14 nitrogen and oxygen atoms in total. The van der Waals surface area contributed by atoms with Crippen LogP contribution in [0.25, 0.3) is 0 Å². The number of aromatic nitrogens is 4. The number of fused-ring (bicyclic) bond motifs is 1. The first-order valence-corrected chi connectivity index (χ1v) is 10.3. The van der Waals surface area contributed by atoms with Crippen molar-refractivity contribution in [3.8, 4) is 0 Å². The van der Waals surface area contributed by atoms with Crippen molar-refractivity contribution < 1.29 is 42.5 Å². The maximum Gasteiger partial charge on any atom is 0.509 e. The van der Waals surface area contributed by atoms with E-state index in [4.69, 9.17) is 23.7 Å². The molecule has 0 unspecified atom stereocenters. The highest BCUT2D eigenvalue weighted by Gasteiger charge is 2.65. The molecule has 2 aliphatic heterocycles. The highest BCUT2D eigenvalue weighted by atomic mass is 19.2. The Balaban J connectivity index is 1.59. The van der Waals surface area contributed by atoms with E-state index in [1.54, 1.807) is 0 Å². The van der Waals surface area contributed by atoms with E-state index in [2.05, 4.69) is 9.97 Å². The van der Waals surface area contributed by atoms with Crippen LogP contribution >= 0.6 is 0 Å². The number of carbonyl (C=O) groups excluding carboxylic acids is 3. The molecule has 2 aromatic rings. The summed E-state index contributed by atoms with van der Waals surface area (Å²) in [5.41, 5.74) is -2.02. The van der Waals surface area contributed by atoms with Crippen molar-refractivity contribution in [1.29, 1.82) is 0 Å². The van der Waals surface area contributed by atoms with Gasteiger partial charge in [0, 0.05) is 18.5 Å². The molecule has 2 aliphatic rings. The van der Waals surface area contributed by atoms with Gasteiger partial charge < -0.3 is 23.7 Å². The average molecular weight is 494 g/mol. The molecule has 2 saturated heterocycles. The first-order chi connectivity index (χ1) is 16.6. The normalized spacial score (nSPS) is 25.0. The van der Waals surface area contributed by atoms with Crippen molar-refractivity contribution >= 4 is 18.1 Å². The minimum absolute atomic E-state index is 0.112. The Bertz CT molecular complexity index is 1260. The standard InChI is InChI=1S/C20H19FN4O10/c1-10(2)16(27)31-7-20(21)14-13(33-19(30)34-14)15(35-20)24-6-4-12(26)25(18(24)29)9-32-17(28)11-3-5-22-8-23-11/h3-6,8,10,13-15H,7,9H2,1-2H3/t13-,14+,15-,20-/m1/s1. The summed E-state index contributed by atoms with van der Waals surface area (Å²) >= 11 is 0. The second kappa shape index (κ2) is 9.25. The molecule has 0 radical (unpaired) electrons. The van der Waals surface area contributed by atoms with Gasteiger partial charge >= 0.3 is 23.8 Å². The van der Waals surface area contributed by atoms with Gasteiger partial charge in [-0.3, -0.25) is 14.2 Å². The minimum Gasteiger partial charge on any atom is -0.459 e. The summed E-state index contributed by atoms with van der Waals surface area (Å²) in [5, 5.41) is 0. The Kier molecular flexibility index (Phi) is 6.34. The summed E-state index contributed by atoms with van der Waals surface area (Å²) in [6.07, 6.45) is -2.52. The SMILES string of the molecule is CC(C)C(=O)OC[C@@]1(F)O[C@@H](n2ccc(=O)n(COC(=O)c3ccncn3)c2=O)[C@@H]2OC(=O)O[C@@H]21. The largest absolute Gasteiger partial charge is 0.509 e. The topological polar surface area (TPSA) is 167 Å². The summed E-state index contributed by atoms with van der Waals surface area (Å²) in [6, 6.07) is 2.20. The van der Waals surface area contributed by atoms with E-state index in [-0.39, 0.29) is 5.69 Å². The molecule has 0 amide bonds. The van der Waals surface area contributed by atoms with Crippen LogP contribution in [0.1, 0.15) is 30.6 Å². The lowest BCUT2D eigenvalue weighted by atomic mass is 10.1.